The minimum absolute atomic E-state index is 0.135. The molecule has 4 aliphatic carbocycles. The van der Waals surface area contributed by atoms with Crippen LogP contribution >= 0.6 is 0 Å². The van der Waals surface area contributed by atoms with Crippen molar-refractivity contribution >= 4 is 24.4 Å². The molecule has 0 radical (unpaired) electrons. The van der Waals surface area contributed by atoms with Crippen LogP contribution in [-0.4, -0.2) is 144 Å². The van der Waals surface area contributed by atoms with E-state index in [2.05, 4.69) is 11.8 Å². The molecule has 0 aromatic rings. The summed E-state index contributed by atoms with van der Waals surface area (Å²) in [4.78, 5) is 58.7. The molecule has 15 nitrogen and oxygen atoms in total. The second-order valence-electron chi connectivity index (χ2n) is 28.5. The van der Waals surface area contributed by atoms with Crippen molar-refractivity contribution in [3.8, 4) is 0 Å². The molecule has 4 heterocycles. The van der Waals surface area contributed by atoms with Gasteiger partial charge in [0.25, 0.3) is 0 Å². The van der Waals surface area contributed by atoms with Gasteiger partial charge < -0.3 is 54.2 Å². The van der Waals surface area contributed by atoms with E-state index in [9.17, 15) is 19.2 Å². The van der Waals surface area contributed by atoms with Crippen molar-refractivity contribution in [1.29, 1.82) is 0 Å². The molecular formula is C59H104N6O9. The Morgan fingerprint density at radius 3 is 0.932 bits per heavy atom. The lowest BCUT2D eigenvalue weighted by molar-refractivity contribution is -0.0411. The zero-order valence-corrected chi connectivity index (χ0v) is 48.8. The highest BCUT2D eigenvalue weighted by atomic mass is 16.6. The Bertz CT molecular complexity index is 1780. The largest absolute Gasteiger partial charge is 0.444 e. The number of amides is 4. The van der Waals surface area contributed by atoms with Crippen LogP contribution in [0.3, 0.4) is 0 Å². The summed E-state index contributed by atoms with van der Waals surface area (Å²) in [5.74, 6) is 2.87. The molecule has 0 aromatic heterocycles. The normalized spacial score (nSPS) is 24.9. The van der Waals surface area contributed by atoms with Crippen molar-refractivity contribution in [1.82, 2.24) is 19.6 Å². The maximum absolute atomic E-state index is 12.0. The third kappa shape index (κ3) is 18.3. The summed E-state index contributed by atoms with van der Waals surface area (Å²) in [6.45, 7) is 40.6. The first-order chi connectivity index (χ1) is 34.3. The number of hydrogen-bond donors (Lipinski definition) is 2. The molecule has 4 aliphatic heterocycles. The zero-order chi connectivity index (χ0) is 55.0. The molecule has 4 amide bonds. The van der Waals surface area contributed by atoms with Gasteiger partial charge >= 0.3 is 24.4 Å². The molecule has 0 bridgehead atoms. The maximum atomic E-state index is 12.0. The van der Waals surface area contributed by atoms with Gasteiger partial charge in [0.2, 0.25) is 6.54 Å². The van der Waals surface area contributed by atoms with Crippen molar-refractivity contribution in [3.63, 3.8) is 0 Å². The highest BCUT2D eigenvalue weighted by Gasteiger charge is 2.50. The standard InChI is InChI=1S/C15H24N2O2.C15H28N2O2.C15H27NO2.C14H25NO3/c1-14(2,3)19-13(18)17-7-5-15(6-8-17)9-12(10-15)11-16-4;1-14(2,3)19-13(18)17-8-5-15(6-9-17)10-12(11-15)4-7-16;1-5-12-10-15(11-12)6-8-16(9-7-15)13(17)18-14(2,3)4;1-13(2,3)18-12(17)15-6-4-14(5-7-15)8-11(9-14)10-16/h12H,5-11H2,1-3H3;12H,4-11,16H2,1-3H3;12H,5-11H2,1-4H3;11,16H,4-10H2,1-3H3. The van der Waals surface area contributed by atoms with Crippen LogP contribution in [0, 0.1) is 51.9 Å². The molecule has 3 N–H and O–H groups in total. The van der Waals surface area contributed by atoms with Crippen LogP contribution in [0.15, 0.2) is 0 Å². The summed E-state index contributed by atoms with van der Waals surface area (Å²) < 4.78 is 21.6. The molecule has 0 aromatic carbocycles. The van der Waals surface area contributed by atoms with Gasteiger partial charge in [-0.15, -0.1) is 0 Å². The first-order valence-electron chi connectivity index (χ1n) is 28.9. The van der Waals surface area contributed by atoms with Crippen molar-refractivity contribution in [3.05, 3.63) is 11.4 Å². The first-order valence-corrected chi connectivity index (χ1v) is 28.9. The van der Waals surface area contributed by atoms with Gasteiger partial charge in [-0.05, 0) is 238 Å². The van der Waals surface area contributed by atoms with Crippen LogP contribution in [0.1, 0.15) is 206 Å². The van der Waals surface area contributed by atoms with Crippen LogP contribution in [0.4, 0.5) is 19.2 Å². The third-order valence-corrected chi connectivity index (χ3v) is 17.4. The van der Waals surface area contributed by atoms with Crippen LogP contribution < -0.4 is 5.73 Å². The fourth-order valence-corrected chi connectivity index (χ4v) is 13.4. The van der Waals surface area contributed by atoms with Crippen LogP contribution in [0.5, 0.6) is 0 Å². The van der Waals surface area contributed by atoms with E-state index in [1.165, 1.54) is 57.8 Å². The number of carbonyl (C=O) groups is 4. The Morgan fingerprint density at radius 2 is 0.716 bits per heavy atom. The van der Waals surface area contributed by atoms with E-state index >= 15 is 0 Å². The Balaban J connectivity index is 0.000000183. The number of rotatable bonds is 5. The van der Waals surface area contributed by atoms with Gasteiger partial charge in [0.1, 0.15) is 22.4 Å². The minimum atomic E-state index is -0.413. The SMILES string of the molecule is CC(C)(C)OC(=O)N1CCC2(CC1)CC(CCN)C2.CC(C)(C)OC(=O)N1CCC2(CC1)CC(CO)C2.CCC1CC2(CCN(C(=O)OC(C)(C)C)CC2)C1.[C-]#[N+]CC1CC2(CCN(C(=O)OC(C)(C)C)CC2)C1. The lowest BCUT2D eigenvalue weighted by Gasteiger charge is -2.52. The molecule has 8 rings (SSSR count). The molecule has 74 heavy (non-hydrogen) atoms. The van der Waals surface area contributed by atoms with E-state index in [1.54, 1.807) is 0 Å². The monoisotopic (exact) mass is 1040 g/mol. The number of nitrogens with zero attached hydrogens (tertiary/aromatic N) is 5. The quantitative estimate of drug-likeness (QED) is 0.200. The Kier molecular flexibility index (Phi) is 20.6. The van der Waals surface area contributed by atoms with E-state index < -0.39 is 16.8 Å². The van der Waals surface area contributed by atoms with Gasteiger partial charge in [-0.3, -0.25) is 0 Å². The predicted octanol–water partition coefficient (Wildman–Crippen LogP) is 12.3. The molecular weight excluding hydrogens is 937 g/mol. The number of aliphatic hydroxyl groups is 1. The fourth-order valence-electron chi connectivity index (χ4n) is 13.4. The molecule has 15 heteroatoms. The average Bonchev–Trinajstić information content (AvgIpc) is 3.25. The van der Waals surface area contributed by atoms with Gasteiger partial charge in [-0.2, -0.15) is 0 Å². The lowest BCUT2D eigenvalue weighted by atomic mass is 9.57. The summed E-state index contributed by atoms with van der Waals surface area (Å²) in [5.41, 5.74) is 5.92. The van der Waals surface area contributed by atoms with Crippen LogP contribution in [-0.2, 0) is 18.9 Å². The van der Waals surface area contributed by atoms with Crippen molar-refractivity contribution in [2.24, 2.45) is 51.1 Å². The molecule has 0 unspecified atom stereocenters. The second kappa shape index (κ2) is 24.9. The molecule has 8 aliphatic rings. The van der Waals surface area contributed by atoms with Gasteiger partial charge in [0.15, 0.2) is 0 Å². The molecule has 424 valence electrons. The highest BCUT2D eigenvalue weighted by molar-refractivity contribution is 5.69. The smallest absolute Gasteiger partial charge is 0.410 e. The number of piperidine rings is 4. The van der Waals surface area contributed by atoms with E-state index in [0.717, 1.165) is 129 Å². The van der Waals surface area contributed by atoms with E-state index in [4.69, 9.17) is 36.4 Å². The average molecular weight is 1040 g/mol. The predicted molar refractivity (Wildman–Crippen MR) is 291 cm³/mol. The van der Waals surface area contributed by atoms with Crippen LogP contribution in [0.2, 0.25) is 0 Å². The Morgan fingerprint density at radius 1 is 0.473 bits per heavy atom. The summed E-state index contributed by atoms with van der Waals surface area (Å²) in [6, 6.07) is 0. The number of aliphatic hydroxyl groups excluding tert-OH is 1. The van der Waals surface area contributed by atoms with Crippen LogP contribution in [0.25, 0.3) is 4.85 Å². The summed E-state index contributed by atoms with van der Waals surface area (Å²) in [7, 11) is 0. The van der Waals surface area contributed by atoms with Gasteiger partial charge in [-0.1, -0.05) is 13.3 Å². The van der Waals surface area contributed by atoms with Crippen molar-refractivity contribution in [2.45, 2.75) is 228 Å². The number of carbonyl (C=O) groups excluding carboxylic acids is 4. The third-order valence-electron chi connectivity index (χ3n) is 17.4. The number of likely N-dealkylation sites (tertiary alicyclic amines) is 4. The Hall–Kier alpha value is -3.51. The second-order valence-corrected chi connectivity index (χ2v) is 28.5. The highest BCUT2D eigenvalue weighted by Crippen LogP contribution is 2.56. The number of nitrogens with two attached hydrogens (primary N) is 1. The number of ether oxygens (including phenoxy) is 4. The molecule has 8 fully saturated rings. The fraction of sp³-hybridized carbons (Fsp3) is 0.915. The minimum Gasteiger partial charge on any atom is -0.444 e. The van der Waals surface area contributed by atoms with Gasteiger partial charge in [0, 0.05) is 64.9 Å². The van der Waals surface area contributed by atoms with E-state index in [0.29, 0.717) is 46.6 Å². The number of hydrogen-bond acceptors (Lipinski definition) is 10. The molecule has 4 saturated carbocycles. The van der Waals surface area contributed by atoms with Crippen molar-refractivity contribution < 1.29 is 43.2 Å². The Labute approximate surface area is 448 Å². The molecule has 0 atom stereocenters. The summed E-state index contributed by atoms with van der Waals surface area (Å²) in [5, 5.41) is 9.08. The topological polar surface area (TPSA) is 169 Å². The summed E-state index contributed by atoms with van der Waals surface area (Å²) in [6.07, 6.45) is 20.7. The zero-order valence-electron chi connectivity index (χ0n) is 48.8. The first kappa shape index (κ1) is 61.3. The molecule has 4 spiro atoms. The summed E-state index contributed by atoms with van der Waals surface area (Å²) >= 11 is 0. The van der Waals surface area contributed by atoms with Crippen molar-refractivity contribution in [2.75, 3.05) is 72.1 Å². The molecule has 4 saturated heterocycles. The van der Waals surface area contributed by atoms with E-state index in [1.807, 2.05) is 103 Å². The maximum Gasteiger partial charge on any atom is 0.410 e. The van der Waals surface area contributed by atoms with E-state index in [-0.39, 0.29) is 30.0 Å². The lowest BCUT2D eigenvalue weighted by Crippen LogP contribution is -2.50. The van der Waals surface area contributed by atoms with Gasteiger partial charge in [0.05, 0.1) is 0 Å². The van der Waals surface area contributed by atoms with Gasteiger partial charge in [-0.25, -0.2) is 25.8 Å².